The Morgan fingerprint density at radius 2 is 2.23 bits per heavy atom. The number of nitrogens with zero attached hydrogens (tertiary/aromatic N) is 2. The molecule has 0 aliphatic carbocycles. The van der Waals surface area contributed by atoms with Crippen LogP contribution in [0.3, 0.4) is 0 Å². The van der Waals surface area contributed by atoms with E-state index in [0.29, 0.717) is 0 Å². The monoisotopic (exact) mass is 198 g/mol. The highest BCUT2D eigenvalue weighted by atomic mass is 32.1. The molecule has 0 spiro atoms. The molecule has 0 bridgehead atoms. The molecule has 0 heterocycles. The van der Waals surface area contributed by atoms with Gasteiger partial charge < -0.3 is 0 Å². The van der Waals surface area contributed by atoms with Crippen molar-refractivity contribution in [3.8, 4) is 6.07 Å². The maximum atomic E-state index is 13.1. The molecule has 0 radical (unpaired) electrons. The lowest BCUT2D eigenvalue weighted by molar-refractivity contribution is -0.390. The highest BCUT2D eigenvalue weighted by Gasteiger charge is 2.21. The van der Waals surface area contributed by atoms with Gasteiger partial charge in [0, 0.05) is 0 Å². The van der Waals surface area contributed by atoms with Gasteiger partial charge in [-0.25, -0.2) is 0 Å². The second-order valence-electron chi connectivity index (χ2n) is 2.16. The largest absolute Gasteiger partial charge is 0.319 e. The van der Waals surface area contributed by atoms with Crippen molar-refractivity contribution in [2.75, 3.05) is 0 Å². The summed E-state index contributed by atoms with van der Waals surface area (Å²) < 4.78 is 13.1. The van der Waals surface area contributed by atoms with Gasteiger partial charge in [0.15, 0.2) is 0 Å². The molecule has 0 aromatic heterocycles. The van der Waals surface area contributed by atoms with E-state index in [4.69, 9.17) is 5.26 Å². The molecule has 0 unspecified atom stereocenters. The van der Waals surface area contributed by atoms with E-state index in [1.807, 2.05) is 0 Å². The quantitative estimate of drug-likeness (QED) is 0.425. The highest BCUT2D eigenvalue weighted by molar-refractivity contribution is 7.80. The Bertz CT molecular complexity index is 414. The first-order chi connectivity index (χ1) is 6.07. The fourth-order valence-corrected chi connectivity index (χ4v) is 1.07. The number of halogens is 1. The Labute approximate surface area is 78.2 Å². The molecule has 1 aromatic rings. The minimum absolute atomic E-state index is 0.0958. The molecule has 0 atom stereocenters. The maximum Gasteiger partial charge on any atom is 0.319 e. The van der Waals surface area contributed by atoms with Crippen molar-refractivity contribution in [2.45, 2.75) is 4.90 Å². The topological polar surface area (TPSA) is 66.9 Å². The van der Waals surface area contributed by atoms with Gasteiger partial charge in [-0.1, -0.05) is 0 Å². The third-order valence-corrected chi connectivity index (χ3v) is 1.76. The lowest BCUT2D eigenvalue weighted by Crippen LogP contribution is -1.96. The molecule has 0 amide bonds. The van der Waals surface area contributed by atoms with Crippen LogP contribution in [0.15, 0.2) is 17.0 Å². The predicted octanol–water partition coefficient (Wildman–Crippen LogP) is 1.89. The average molecular weight is 198 g/mol. The van der Waals surface area contributed by atoms with Gasteiger partial charge in [-0.3, -0.25) is 10.1 Å². The second kappa shape index (κ2) is 3.41. The van der Waals surface area contributed by atoms with Crippen molar-refractivity contribution in [1.29, 1.82) is 5.26 Å². The van der Waals surface area contributed by atoms with Crippen LogP contribution in [-0.2, 0) is 0 Å². The summed E-state index contributed by atoms with van der Waals surface area (Å²) in [5.74, 6) is -1.14. The molecule has 0 saturated carbocycles. The van der Waals surface area contributed by atoms with E-state index in [9.17, 15) is 14.5 Å². The van der Waals surface area contributed by atoms with Crippen LogP contribution >= 0.6 is 12.6 Å². The minimum Gasteiger partial charge on any atom is -0.258 e. The standard InChI is InChI=1S/C7H3FN2O2S/c8-6-4(3-9)1-2-5(13)7(6)10(11)12/h1-2,13H. The second-order valence-corrected chi connectivity index (χ2v) is 2.65. The zero-order valence-corrected chi connectivity index (χ0v) is 7.09. The van der Waals surface area contributed by atoms with Crippen molar-refractivity contribution in [1.82, 2.24) is 0 Å². The predicted molar refractivity (Wildman–Crippen MR) is 45.0 cm³/mol. The van der Waals surface area contributed by atoms with Crippen LogP contribution in [0.2, 0.25) is 0 Å². The minimum atomic E-state index is -1.14. The molecule has 0 aliphatic rings. The van der Waals surface area contributed by atoms with E-state index in [2.05, 4.69) is 12.6 Å². The number of benzene rings is 1. The number of thiol groups is 1. The molecule has 13 heavy (non-hydrogen) atoms. The van der Waals surface area contributed by atoms with Crippen molar-refractivity contribution in [2.24, 2.45) is 0 Å². The average Bonchev–Trinajstić information content (AvgIpc) is 2.04. The van der Waals surface area contributed by atoms with Gasteiger partial charge in [0.25, 0.3) is 0 Å². The molecule has 4 nitrogen and oxygen atoms in total. The van der Waals surface area contributed by atoms with E-state index in [1.54, 1.807) is 0 Å². The summed E-state index contributed by atoms with van der Waals surface area (Å²) in [4.78, 5) is 9.32. The summed E-state index contributed by atoms with van der Waals surface area (Å²) in [6.07, 6.45) is 0. The lowest BCUT2D eigenvalue weighted by atomic mass is 10.2. The first kappa shape index (κ1) is 9.48. The summed E-state index contributed by atoms with van der Waals surface area (Å²) in [7, 11) is 0. The van der Waals surface area contributed by atoms with E-state index in [-0.39, 0.29) is 10.5 Å². The fraction of sp³-hybridized carbons (Fsp3) is 0. The smallest absolute Gasteiger partial charge is 0.258 e. The van der Waals surface area contributed by atoms with E-state index in [0.717, 1.165) is 6.07 Å². The first-order valence-electron chi connectivity index (χ1n) is 3.14. The first-order valence-corrected chi connectivity index (χ1v) is 3.58. The van der Waals surface area contributed by atoms with Gasteiger partial charge in [0.2, 0.25) is 5.82 Å². The molecule has 66 valence electrons. The van der Waals surface area contributed by atoms with E-state index in [1.165, 1.54) is 12.1 Å². The number of nitriles is 1. The van der Waals surface area contributed by atoms with Gasteiger partial charge >= 0.3 is 5.69 Å². The van der Waals surface area contributed by atoms with Gasteiger partial charge in [0.05, 0.1) is 15.4 Å². The molecule has 6 heteroatoms. The SMILES string of the molecule is N#Cc1ccc(S)c([N+](=O)[O-])c1F. The Balaban J connectivity index is 3.50. The summed E-state index contributed by atoms with van der Waals surface area (Å²) >= 11 is 3.70. The van der Waals surface area contributed by atoms with Crippen LogP contribution in [0, 0.1) is 27.3 Å². The number of hydrogen-bond donors (Lipinski definition) is 1. The van der Waals surface area contributed by atoms with Gasteiger partial charge in [-0.2, -0.15) is 9.65 Å². The van der Waals surface area contributed by atoms with Crippen LogP contribution in [0.4, 0.5) is 10.1 Å². The molecular weight excluding hydrogens is 195 g/mol. The van der Waals surface area contributed by atoms with Crippen LogP contribution in [0.5, 0.6) is 0 Å². The summed E-state index contributed by atoms with van der Waals surface area (Å²) in [5.41, 5.74) is -1.12. The van der Waals surface area contributed by atoms with Crippen molar-refractivity contribution in [3.63, 3.8) is 0 Å². The Morgan fingerprint density at radius 3 is 2.69 bits per heavy atom. The Kier molecular flexibility index (Phi) is 2.49. The molecule has 0 fully saturated rings. The van der Waals surface area contributed by atoms with Crippen LogP contribution in [0.1, 0.15) is 5.56 Å². The van der Waals surface area contributed by atoms with Crippen LogP contribution in [0.25, 0.3) is 0 Å². The third-order valence-electron chi connectivity index (χ3n) is 1.40. The third kappa shape index (κ3) is 1.60. The molecule has 1 aromatic carbocycles. The molecule has 0 N–H and O–H groups in total. The molecule has 0 saturated heterocycles. The van der Waals surface area contributed by atoms with Gasteiger partial charge in [-0.05, 0) is 12.1 Å². The van der Waals surface area contributed by atoms with Gasteiger partial charge in [-0.15, -0.1) is 12.6 Å². The summed E-state index contributed by atoms with van der Waals surface area (Å²) in [5, 5.41) is 18.7. The maximum absolute atomic E-state index is 13.1. The highest BCUT2D eigenvalue weighted by Crippen LogP contribution is 2.27. The van der Waals surface area contributed by atoms with Crippen LogP contribution < -0.4 is 0 Å². The van der Waals surface area contributed by atoms with E-state index >= 15 is 0 Å². The number of hydrogen-bond acceptors (Lipinski definition) is 4. The lowest BCUT2D eigenvalue weighted by Gasteiger charge is -1.97. The Hall–Kier alpha value is -1.61. The van der Waals surface area contributed by atoms with Gasteiger partial charge in [0.1, 0.15) is 6.07 Å². The number of nitro groups is 1. The summed E-state index contributed by atoms with van der Waals surface area (Å²) in [6, 6.07) is 3.86. The molecule has 0 aliphatic heterocycles. The zero-order chi connectivity index (χ0) is 10.0. The number of nitro benzene ring substituents is 1. The summed E-state index contributed by atoms with van der Waals surface area (Å²) in [6.45, 7) is 0. The van der Waals surface area contributed by atoms with Crippen molar-refractivity contribution in [3.05, 3.63) is 33.6 Å². The van der Waals surface area contributed by atoms with Crippen LogP contribution in [-0.4, -0.2) is 4.92 Å². The Morgan fingerprint density at radius 1 is 1.62 bits per heavy atom. The number of rotatable bonds is 1. The van der Waals surface area contributed by atoms with Crippen molar-refractivity contribution < 1.29 is 9.31 Å². The normalized spacial score (nSPS) is 9.31. The fourth-order valence-electron chi connectivity index (χ4n) is 0.814. The molecule has 1 rings (SSSR count). The molecular formula is C7H3FN2O2S. The van der Waals surface area contributed by atoms with E-state index < -0.39 is 16.4 Å². The zero-order valence-electron chi connectivity index (χ0n) is 6.19. The van der Waals surface area contributed by atoms with Crippen molar-refractivity contribution >= 4 is 18.3 Å².